The van der Waals surface area contributed by atoms with Crippen LogP contribution in [0, 0.1) is 0 Å². The van der Waals surface area contributed by atoms with Gasteiger partial charge in [0.15, 0.2) is 0 Å². The molecule has 32 heavy (non-hydrogen) atoms. The lowest BCUT2D eigenvalue weighted by Gasteiger charge is -2.26. The fourth-order valence-corrected chi connectivity index (χ4v) is 3.86. The monoisotopic (exact) mass is 428 g/mol. The minimum absolute atomic E-state index is 0.0584. The van der Waals surface area contributed by atoms with Gasteiger partial charge >= 0.3 is 0 Å². The minimum atomic E-state index is -0.772. The van der Waals surface area contributed by atoms with E-state index in [9.17, 15) is 14.7 Å². The molecule has 0 aliphatic carbocycles. The first kappa shape index (κ1) is 21.2. The van der Waals surface area contributed by atoms with Gasteiger partial charge in [-0.05, 0) is 42.0 Å². The zero-order valence-corrected chi connectivity index (χ0v) is 18.1. The first-order chi connectivity index (χ1) is 15.4. The summed E-state index contributed by atoms with van der Waals surface area (Å²) in [4.78, 5) is 29.7. The van der Waals surface area contributed by atoms with Gasteiger partial charge in [0.1, 0.15) is 11.5 Å². The molecule has 6 heteroatoms. The summed E-state index contributed by atoms with van der Waals surface area (Å²) < 4.78 is 5.25. The van der Waals surface area contributed by atoms with Crippen LogP contribution >= 0.6 is 0 Å². The summed E-state index contributed by atoms with van der Waals surface area (Å²) in [6.07, 6.45) is 0. The van der Waals surface area contributed by atoms with Crippen LogP contribution < -0.4 is 14.5 Å². The average Bonchev–Trinajstić information content (AvgIpc) is 3.09. The van der Waals surface area contributed by atoms with Gasteiger partial charge in [-0.1, -0.05) is 42.5 Å². The highest BCUT2D eigenvalue weighted by atomic mass is 16.5. The zero-order chi connectivity index (χ0) is 22.8. The number of aliphatic hydroxyl groups excluding tert-OH is 1. The van der Waals surface area contributed by atoms with Gasteiger partial charge in [-0.25, -0.2) is 0 Å². The highest BCUT2D eigenvalue weighted by Crippen LogP contribution is 2.42. The van der Waals surface area contributed by atoms with Crippen molar-refractivity contribution in [2.24, 2.45) is 0 Å². The molecule has 3 aromatic carbocycles. The smallest absolute Gasteiger partial charge is 0.300 e. The second kappa shape index (κ2) is 8.59. The van der Waals surface area contributed by atoms with Gasteiger partial charge in [-0.15, -0.1) is 0 Å². The van der Waals surface area contributed by atoms with Gasteiger partial charge in [0.05, 0.1) is 18.7 Å². The molecule has 162 valence electrons. The first-order valence-corrected chi connectivity index (χ1v) is 10.2. The Kier molecular flexibility index (Phi) is 5.69. The molecule has 6 nitrogen and oxygen atoms in total. The molecule has 0 aromatic heterocycles. The van der Waals surface area contributed by atoms with Gasteiger partial charge in [-0.3, -0.25) is 14.5 Å². The molecule has 1 N–H and O–H groups in total. The lowest BCUT2D eigenvalue weighted by Crippen LogP contribution is -2.29. The molecule has 1 heterocycles. The van der Waals surface area contributed by atoms with E-state index in [-0.39, 0.29) is 11.3 Å². The molecule has 3 aromatic rings. The quantitative estimate of drug-likeness (QED) is 0.371. The van der Waals surface area contributed by atoms with Crippen LogP contribution in [0.4, 0.5) is 11.4 Å². The van der Waals surface area contributed by atoms with Crippen molar-refractivity contribution in [2.75, 3.05) is 31.0 Å². The highest BCUT2D eigenvalue weighted by Gasteiger charge is 2.46. The summed E-state index contributed by atoms with van der Waals surface area (Å²) in [5.74, 6) is -0.939. The molecule has 1 amide bonds. The van der Waals surface area contributed by atoms with Crippen LogP contribution in [-0.4, -0.2) is 38.0 Å². The summed E-state index contributed by atoms with van der Waals surface area (Å²) in [5, 5.41) is 11.1. The van der Waals surface area contributed by atoms with Crippen molar-refractivity contribution >= 4 is 28.8 Å². The molecule has 4 rings (SSSR count). The van der Waals surface area contributed by atoms with E-state index in [1.54, 1.807) is 67.8 Å². The molecule has 1 saturated heterocycles. The number of amides is 1. The van der Waals surface area contributed by atoms with Crippen LogP contribution in [0.1, 0.15) is 17.2 Å². The van der Waals surface area contributed by atoms with E-state index in [1.165, 1.54) is 4.90 Å². The maximum atomic E-state index is 13.2. The number of benzene rings is 3. The Balaban J connectivity index is 1.89. The Morgan fingerprint density at radius 3 is 2.09 bits per heavy atom. The average molecular weight is 428 g/mol. The van der Waals surface area contributed by atoms with E-state index in [0.717, 1.165) is 5.69 Å². The second-order valence-electron chi connectivity index (χ2n) is 7.72. The summed E-state index contributed by atoms with van der Waals surface area (Å²) in [6.45, 7) is 0. The number of carbonyl (C=O) groups is 2. The van der Waals surface area contributed by atoms with Crippen molar-refractivity contribution in [3.05, 3.63) is 95.6 Å². The number of nitrogens with zero attached hydrogens (tertiary/aromatic N) is 2. The van der Waals surface area contributed by atoms with Gasteiger partial charge in [0.25, 0.3) is 11.7 Å². The van der Waals surface area contributed by atoms with E-state index < -0.39 is 17.7 Å². The van der Waals surface area contributed by atoms with Crippen molar-refractivity contribution in [1.29, 1.82) is 0 Å². The number of aliphatic hydroxyl groups is 1. The molecule has 1 aliphatic rings. The summed E-state index contributed by atoms with van der Waals surface area (Å²) in [7, 11) is 5.43. The predicted molar refractivity (Wildman–Crippen MR) is 125 cm³/mol. The normalized spacial score (nSPS) is 17.5. The number of hydrogen-bond acceptors (Lipinski definition) is 5. The number of ketones is 1. The fraction of sp³-hybridized carbons (Fsp3) is 0.154. The van der Waals surface area contributed by atoms with Crippen LogP contribution in [0.3, 0.4) is 0 Å². The SMILES string of the molecule is COc1ccc(C2/C(=C(/O)c3ccccc3)C(=O)C(=O)N2c2ccc(N(C)C)cc2)cc1. The van der Waals surface area contributed by atoms with E-state index >= 15 is 0 Å². The van der Waals surface area contributed by atoms with Gasteiger partial charge in [0.2, 0.25) is 0 Å². The van der Waals surface area contributed by atoms with E-state index in [1.807, 2.05) is 37.2 Å². The van der Waals surface area contributed by atoms with Crippen molar-refractivity contribution in [3.63, 3.8) is 0 Å². The third-order valence-electron chi connectivity index (χ3n) is 5.57. The molecule has 1 atom stereocenters. The Morgan fingerprint density at radius 2 is 1.53 bits per heavy atom. The van der Waals surface area contributed by atoms with Crippen LogP contribution in [0.5, 0.6) is 5.75 Å². The molecular weight excluding hydrogens is 404 g/mol. The van der Waals surface area contributed by atoms with Crippen LogP contribution in [-0.2, 0) is 9.59 Å². The number of ether oxygens (including phenoxy) is 1. The molecule has 0 radical (unpaired) electrons. The topological polar surface area (TPSA) is 70.1 Å². The molecule has 1 unspecified atom stereocenters. The molecule has 0 saturated carbocycles. The van der Waals surface area contributed by atoms with Crippen LogP contribution in [0.15, 0.2) is 84.4 Å². The standard InChI is InChI=1S/C26H24N2O4/c1-27(2)19-11-13-20(14-12-19)28-23(17-9-15-21(32-3)16-10-17)22(25(30)26(28)31)24(29)18-7-5-4-6-8-18/h4-16,23,29H,1-3H3/b24-22-. The third kappa shape index (κ3) is 3.71. The van der Waals surface area contributed by atoms with E-state index in [4.69, 9.17) is 4.74 Å². The Hall–Kier alpha value is -4.06. The van der Waals surface area contributed by atoms with Crippen molar-refractivity contribution in [2.45, 2.75) is 6.04 Å². The largest absolute Gasteiger partial charge is 0.507 e. The third-order valence-corrected chi connectivity index (χ3v) is 5.57. The highest BCUT2D eigenvalue weighted by molar-refractivity contribution is 6.51. The fourth-order valence-electron chi connectivity index (χ4n) is 3.86. The molecule has 1 aliphatic heterocycles. The molecular formula is C26H24N2O4. The number of methoxy groups -OCH3 is 1. The summed E-state index contributed by atoms with van der Waals surface area (Å²) in [5.41, 5.74) is 2.77. The van der Waals surface area contributed by atoms with E-state index in [0.29, 0.717) is 22.6 Å². The number of carbonyl (C=O) groups excluding carboxylic acids is 2. The zero-order valence-electron chi connectivity index (χ0n) is 18.1. The van der Waals surface area contributed by atoms with Crippen molar-refractivity contribution < 1.29 is 19.4 Å². The van der Waals surface area contributed by atoms with Crippen LogP contribution in [0.25, 0.3) is 5.76 Å². The molecule has 0 spiro atoms. The summed E-state index contributed by atoms with van der Waals surface area (Å²) >= 11 is 0. The Morgan fingerprint density at radius 1 is 0.906 bits per heavy atom. The molecule has 0 bridgehead atoms. The van der Waals surface area contributed by atoms with Crippen molar-refractivity contribution in [3.8, 4) is 5.75 Å². The lowest BCUT2D eigenvalue weighted by molar-refractivity contribution is -0.132. The predicted octanol–water partition coefficient (Wildman–Crippen LogP) is 4.39. The second-order valence-corrected chi connectivity index (χ2v) is 7.72. The Labute approximate surface area is 187 Å². The maximum Gasteiger partial charge on any atom is 0.300 e. The van der Waals surface area contributed by atoms with E-state index in [2.05, 4.69) is 0 Å². The molecule has 1 fully saturated rings. The van der Waals surface area contributed by atoms with Gasteiger partial charge in [-0.2, -0.15) is 0 Å². The van der Waals surface area contributed by atoms with Gasteiger partial charge in [0, 0.05) is 31.0 Å². The van der Waals surface area contributed by atoms with Crippen molar-refractivity contribution in [1.82, 2.24) is 0 Å². The Bertz CT molecular complexity index is 1170. The first-order valence-electron chi connectivity index (χ1n) is 10.2. The lowest BCUT2D eigenvalue weighted by atomic mass is 9.95. The van der Waals surface area contributed by atoms with Gasteiger partial charge < -0.3 is 14.7 Å². The number of anilines is 2. The minimum Gasteiger partial charge on any atom is -0.507 e. The number of Topliss-reactive ketones (excluding diaryl/α,β-unsaturated/α-hetero) is 1. The van der Waals surface area contributed by atoms with Crippen LogP contribution in [0.2, 0.25) is 0 Å². The number of hydrogen-bond donors (Lipinski definition) is 1. The number of rotatable bonds is 5. The summed E-state index contributed by atoms with van der Waals surface area (Å²) in [6, 6.07) is 22.5. The maximum absolute atomic E-state index is 13.2.